The third-order valence-corrected chi connectivity index (χ3v) is 5.45. The third-order valence-electron chi connectivity index (χ3n) is 3.54. The molecule has 1 fully saturated rings. The van der Waals surface area contributed by atoms with Crippen LogP contribution in [0.2, 0.25) is 0 Å². The Morgan fingerprint density at radius 1 is 1.23 bits per heavy atom. The lowest BCUT2D eigenvalue weighted by Crippen LogP contribution is -2.28. The fraction of sp³-hybridized carbons (Fsp3) is 0.500. The molecule has 0 aromatic heterocycles. The number of carboxylic acid groups (broad SMARTS) is 1. The van der Waals surface area contributed by atoms with Crippen LogP contribution in [0.1, 0.15) is 18.4 Å². The SMILES string of the molecule is COc1cc(CC(=O)O)cc(S(=O)(=O)N2CCCC2)c1OC. The second-order valence-electron chi connectivity index (χ2n) is 5.01. The molecular formula is C14H19NO6S. The van der Waals surface area contributed by atoms with E-state index in [9.17, 15) is 13.2 Å². The summed E-state index contributed by atoms with van der Waals surface area (Å²) in [4.78, 5) is 10.9. The summed E-state index contributed by atoms with van der Waals surface area (Å²) in [5.41, 5.74) is 0.350. The summed E-state index contributed by atoms with van der Waals surface area (Å²) in [5, 5.41) is 8.93. The van der Waals surface area contributed by atoms with Crippen LogP contribution in [0.3, 0.4) is 0 Å². The lowest BCUT2D eigenvalue weighted by molar-refractivity contribution is -0.136. The van der Waals surface area contributed by atoms with Crippen LogP contribution in [0.15, 0.2) is 17.0 Å². The van der Waals surface area contributed by atoms with Crippen LogP contribution in [0.25, 0.3) is 0 Å². The summed E-state index contributed by atoms with van der Waals surface area (Å²) in [6, 6.07) is 2.83. The molecule has 0 atom stereocenters. The Morgan fingerprint density at radius 2 is 1.86 bits per heavy atom. The van der Waals surface area contributed by atoms with Gasteiger partial charge >= 0.3 is 5.97 Å². The molecule has 0 saturated carbocycles. The Bertz CT molecular complexity index is 664. The second kappa shape index (κ2) is 6.53. The maximum Gasteiger partial charge on any atom is 0.307 e. The first-order valence-electron chi connectivity index (χ1n) is 6.87. The van der Waals surface area contributed by atoms with Gasteiger partial charge in [0.2, 0.25) is 10.0 Å². The molecule has 2 rings (SSSR count). The molecule has 0 radical (unpaired) electrons. The van der Waals surface area contributed by atoms with Crippen LogP contribution >= 0.6 is 0 Å². The minimum atomic E-state index is -3.74. The number of aliphatic carboxylic acids is 1. The number of benzene rings is 1. The summed E-state index contributed by atoms with van der Waals surface area (Å²) in [7, 11) is -0.995. The highest BCUT2D eigenvalue weighted by atomic mass is 32.2. The van der Waals surface area contributed by atoms with E-state index in [2.05, 4.69) is 0 Å². The monoisotopic (exact) mass is 329 g/mol. The number of hydrogen-bond donors (Lipinski definition) is 1. The molecule has 0 spiro atoms. The molecule has 8 heteroatoms. The Balaban J connectivity index is 2.58. The molecule has 0 unspecified atom stereocenters. The molecule has 1 aliphatic rings. The van der Waals surface area contributed by atoms with Gasteiger partial charge in [-0.2, -0.15) is 4.31 Å². The highest BCUT2D eigenvalue weighted by Gasteiger charge is 2.32. The number of hydrogen-bond acceptors (Lipinski definition) is 5. The first-order valence-corrected chi connectivity index (χ1v) is 8.31. The molecule has 0 bridgehead atoms. The second-order valence-corrected chi connectivity index (χ2v) is 6.92. The molecule has 1 aromatic rings. The largest absolute Gasteiger partial charge is 0.493 e. The Labute approximate surface area is 129 Å². The molecule has 1 aliphatic heterocycles. The smallest absolute Gasteiger partial charge is 0.307 e. The predicted octanol–water partition coefficient (Wildman–Crippen LogP) is 1.12. The highest BCUT2D eigenvalue weighted by Crippen LogP contribution is 2.38. The van der Waals surface area contributed by atoms with Crippen LogP contribution in [0.5, 0.6) is 11.5 Å². The van der Waals surface area contributed by atoms with Crippen LogP contribution < -0.4 is 9.47 Å². The van der Waals surface area contributed by atoms with Gasteiger partial charge in [-0.15, -0.1) is 0 Å². The Kier molecular flexibility index (Phi) is 4.92. The molecule has 1 aromatic carbocycles. The quantitative estimate of drug-likeness (QED) is 0.840. The van der Waals surface area contributed by atoms with Crippen molar-refractivity contribution < 1.29 is 27.8 Å². The summed E-state index contributed by atoms with van der Waals surface area (Å²) in [5.74, 6) is -0.737. The average Bonchev–Trinajstić information content (AvgIpc) is 3.00. The summed E-state index contributed by atoms with van der Waals surface area (Å²) >= 11 is 0. The van der Waals surface area contributed by atoms with Crippen molar-refractivity contribution in [3.05, 3.63) is 17.7 Å². The molecule has 7 nitrogen and oxygen atoms in total. The summed E-state index contributed by atoms with van der Waals surface area (Å²) < 4.78 is 37.3. The minimum Gasteiger partial charge on any atom is -0.493 e. The number of rotatable bonds is 6. The van der Waals surface area contributed by atoms with E-state index in [1.807, 2.05) is 0 Å². The lowest BCUT2D eigenvalue weighted by atomic mass is 10.1. The number of nitrogens with zero attached hydrogens (tertiary/aromatic N) is 1. The van der Waals surface area contributed by atoms with Gasteiger partial charge in [-0.05, 0) is 30.5 Å². The molecule has 1 N–H and O–H groups in total. The van der Waals surface area contributed by atoms with Crippen molar-refractivity contribution in [2.24, 2.45) is 0 Å². The van der Waals surface area contributed by atoms with Gasteiger partial charge < -0.3 is 14.6 Å². The van der Waals surface area contributed by atoms with E-state index in [4.69, 9.17) is 14.6 Å². The van der Waals surface area contributed by atoms with Gasteiger partial charge in [0, 0.05) is 13.1 Å². The topological polar surface area (TPSA) is 93.1 Å². The normalized spacial score (nSPS) is 15.7. The first-order chi connectivity index (χ1) is 10.4. The number of carbonyl (C=O) groups is 1. The van der Waals surface area contributed by atoms with E-state index in [-0.39, 0.29) is 22.8 Å². The Hall–Kier alpha value is -1.80. The van der Waals surface area contributed by atoms with E-state index < -0.39 is 16.0 Å². The van der Waals surface area contributed by atoms with Crippen molar-refractivity contribution in [3.63, 3.8) is 0 Å². The lowest BCUT2D eigenvalue weighted by Gasteiger charge is -2.20. The molecular weight excluding hydrogens is 310 g/mol. The van der Waals surface area contributed by atoms with Crippen molar-refractivity contribution in [2.45, 2.75) is 24.2 Å². The van der Waals surface area contributed by atoms with Crippen molar-refractivity contribution in [1.82, 2.24) is 4.31 Å². The van der Waals surface area contributed by atoms with E-state index in [0.29, 0.717) is 18.7 Å². The fourth-order valence-corrected chi connectivity index (χ4v) is 4.26. The number of sulfonamides is 1. The maximum atomic E-state index is 12.8. The fourth-order valence-electron chi connectivity index (χ4n) is 2.52. The predicted molar refractivity (Wildman–Crippen MR) is 78.9 cm³/mol. The number of methoxy groups -OCH3 is 2. The molecule has 22 heavy (non-hydrogen) atoms. The van der Waals surface area contributed by atoms with Crippen LogP contribution in [-0.2, 0) is 21.2 Å². The third kappa shape index (κ3) is 3.17. The van der Waals surface area contributed by atoms with Crippen molar-refractivity contribution in [3.8, 4) is 11.5 Å². The minimum absolute atomic E-state index is 0.0486. The zero-order chi connectivity index (χ0) is 16.3. The van der Waals surface area contributed by atoms with Gasteiger partial charge in [-0.25, -0.2) is 8.42 Å². The van der Waals surface area contributed by atoms with E-state index in [1.165, 1.54) is 30.7 Å². The van der Waals surface area contributed by atoms with Gasteiger partial charge in [-0.3, -0.25) is 4.79 Å². The zero-order valence-corrected chi connectivity index (χ0v) is 13.4. The average molecular weight is 329 g/mol. The molecule has 1 heterocycles. The van der Waals surface area contributed by atoms with E-state index >= 15 is 0 Å². The first kappa shape index (κ1) is 16.6. The van der Waals surface area contributed by atoms with Crippen molar-refractivity contribution in [1.29, 1.82) is 0 Å². The van der Waals surface area contributed by atoms with Crippen molar-refractivity contribution >= 4 is 16.0 Å². The highest BCUT2D eigenvalue weighted by molar-refractivity contribution is 7.89. The molecule has 1 saturated heterocycles. The Morgan fingerprint density at radius 3 is 2.36 bits per heavy atom. The van der Waals surface area contributed by atoms with Gasteiger partial charge in [0.15, 0.2) is 11.5 Å². The molecule has 122 valence electrons. The number of carboxylic acids is 1. The van der Waals surface area contributed by atoms with Gasteiger partial charge in [-0.1, -0.05) is 0 Å². The standard InChI is InChI=1S/C14H19NO6S/c1-20-11-7-10(9-13(16)17)8-12(14(11)21-2)22(18,19)15-5-3-4-6-15/h7-8H,3-6,9H2,1-2H3,(H,16,17). The summed E-state index contributed by atoms with van der Waals surface area (Å²) in [6.07, 6.45) is 1.34. The molecule has 0 amide bonds. The van der Waals surface area contributed by atoms with E-state index in [1.54, 1.807) is 0 Å². The maximum absolute atomic E-state index is 12.8. The van der Waals surface area contributed by atoms with Gasteiger partial charge in [0.1, 0.15) is 4.90 Å². The van der Waals surface area contributed by atoms with Crippen LogP contribution in [0, 0.1) is 0 Å². The molecule has 0 aliphatic carbocycles. The van der Waals surface area contributed by atoms with E-state index in [0.717, 1.165) is 12.8 Å². The number of ether oxygens (including phenoxy) is 2. The van der Waals surface area contributed by atoms with Crippen LogP contribution in [0.4, 0.5) is 0 Å². The van der Waals surface area contributed by atoms with Gasteiger partial charge in [0.25, 0.3) is 0 Å². The zero-order valence-electron chi connectivity index (χ0n) is 12.5. The van der Waals surface area contributed by atoms with Crippen LogP contribution in [-0.4, -0.2) is 51.1 Å². The van der Waals surface area contributed by atoms with Gasteiger partial charge in [0.05, 0.1) is 20.6 Å². The van der Waals surface area contributed by atoms with Crippen molar-refractivity contribution in [2.75, 3.05) is 27.3 Å². The summed E-state index contributed by atoms with van der Waals surface area (Å²) in [6.45, 7) is 0.911.